The number of hydrogen-bond acceptors (Lipinski definition) is 3. The monoisotopic (exact) mass is 185 g/mol. The lowest BCUT2D eigenvalue weighted by atomic mass is 10.2. The zero-order chi connectivity index (χ0) is 8.55. The molecule has 0 amide bonds. The van der Waals surface area contributed by atoms with Gasteiger partial charge >= 0.3 is 0 Å². The molecule has 1 saturated heterocycles. The molecule has 0 unspecified atom stereocenters. The Morgan fingerprint density at radius 2 is 2.50 bits per heavy atom. The zero-order valence-corrected chi connectivity index (χ0v) is 7.34. The third-order valence-electron chi connectivity index (χ3n) is 1.75. The lowest BCUT2D eigenvalue weighted by Crippen LogP contribution is -1.94. The largest absolute Gasteiger partial charge is 0.481 e. The fourth-order valence-corrected chi connectivity index (χ4v) is 1.36. The third-order valence-corrected chi connectivity index (χ3v) is 2.08. The number of nitrogens with zero attached hydrogens (tertiary/aromatic N) is 1. The maximum atomic E-state index is 5.94. The van der Waals surface area contributed by atoms with Crippen molar-refractivity contribution >= 4 is 11.6 Å². The van der Waals surface area contributed by atoms with E-state index in [0.717, 1.165) is 5.56 Å². The van der Waals surface area contributed by atoms with Crippen LogP contribution in [0.2, 0.25) is 5.02 Å². The predicted molar refractivity (Wildman–Crippen MR) is 44.5 cm³/mol. The second-order valence-electron chi connectivity index (χ2n) is 2.54. The van der Waals surface area contributed by atoms with Crippen molar-refractivity contribution in [2.75, 3.05) is 13.7 Å². The maximum Gasteiger partial charge on any atom is 0.220 e. The second kappa shape index (κ2) is 2.92. The van der Waals surface area contributed by atoms with Gasteiger partial charge in [0.15, 0.2) is 0 Å². The van der Waals surface area contributed by atoms with Gasteiger partial charge in [-0.2, -0.15) is 0 Å². The molecule has 1 aromatic rings. The van der Waals surface area contributed by atoms with Crippen LogP contribution in [0.5, 0.6) is 5.88 Å². The van der Waals surface area contributed by atoms with E-state index in [2.05, 4.69) is 4.98 Å². The van der Waals surface area contributed by atoms with Crippen LogP contribution in [0.3, 0.4) is 0 Å². The number of methoxy groups -OCH3 is 1. The van der Waals surface area contributed by atoms with E-state index in [0.29, 0.717) is 17.5 Å². The highest BCUT2D eigenvalue weighted by atomic mass is 35.5. The Morgan fingerprint density at radius 1 is 1.75 bits per heavy atom. The number of ether oxygens (including phenoxy) is 2. The number of aromatic nitrogens is 1. The summed E-state index contributed by atoms with van der Waals surface area (Å²) < 4.78 is 10.2. The van der Waals surface area contributed by atoms with Crippen molar-refractivity contribution in [2.24, 2.45) is 0 Å². The first kappa shape index (κ1) is 7.83. The molecular weight excluding hydrogens is 178 g/mol. The minimum atomic E-state index is 0.0844. The number of pyridine rings is 1. The van der Waals surface area contributed by atoms with Crippen LogP contribution in [-0.2, 0) is 4.74 Å². The van der Waals surface area contributed by atoms with Crippen molar-refractivity contribution in [1.82, 2.24) is 4.98 Å². The highest BCUT2D eigenvalue weighted by Crippen LogP contribution is 2.39. The van der Waals surface area contributed by atoms with E-state index in [1.165, 1.54) is 0 Å². The van der Waals surface area contributed by atoms with Crippen LogP contribution < -0.4 is 4.74 Å². The van der Waals surface area contributed by atoms with Gasteiger partial charge in [-0.15, -0.1) is 0 Å². The Labute approximate surface area is 75.3 Å². The van der Waals surface area contributed by atoms with Crippen LogP contribution in [0, 0.1) is 0 Å². The van der Waals surface area contributed by atoms with E-state index >= 15 is 0 Å². The molecule has 1 aromatic heterocycles. The van der Waals surface area contributed by atoms with E-state index in [4.69, 9.17) is 21.1 Å². The fourth-order valence-electron chi connectivity index (χ4n) is 1.10. The van der Waals surface area contributed by atoms with Crippen molar-refractivity contribution < 1.29 is 9.47 Å². The van der Waals surface area contributed by atoms with Gasteiger partial charge in [-0.3, -0.25) is 0 Å². The molecule has 1 fully saturated rings. The molecule has 1 aliphatic rings. The molecule has 64 valence electrons. The summed E-state index contributed by atoms with van der Waals surface area (Å²) in [6.07, 6.45) is 1.70. The number of hydrogen-bond donors (Lipinski definition) is 0. The van der Waals surface area contributed by atoms with Gasteiger partial charge in [-0.1, -0.05) is 11.6 Å². The second-order valence-corrected chi connectivity index (χ2v) is 2.94. The summed E-state index contributed by atoms with van der Waals surface area (Å²) in [7, 11) is 1.57. The molecule has 1 aliphatic heterocycles. The molecule has 0 aliphatic carbocycles. The Kier molecular flexibility index (Phi) is 1.90. The Hall–Kier alpha value is -0.800. The van der Waals surface area contributed by atoms with Crippen molar-refractivity contribution in [3.05, 3.63) is 22.8 Å². The molecule has 0 spiro atoms. The topological polar surface area (TPSA) is 34.6 Å². The summed E-state index contributed by atoms with van der Waals surface area (Å²) in [4.78, 5) is 4.03. The number of epoxide rings is 1. The van der Waals surface area contributed by atoms with Gasteiger partial charge in [0.05, 0.1) is 24.3 Å². The first-order valence-corrected chi connectivity index (χ1v) is 4.00. The van der Waals surface area contributed by atoms with Crippen molar-refractivity contribution in [2.45, 2.75) is 6.10 Å². The molecule has 0 bridgehead atoms. The predicted octanol–water partition coefficient (Wildman–Crippen LogP) is 1.81. The average Bonchev–Trinajstić information content (AvgIpc) is 2.87. The summed E-state index contributed by atoms with van der Waals surface area (Å²) >= 11 is 5.94. The van der Waals surface area contributed by atoms with Crippen molar-refractivity contribution in [1.29, 1.82) is 0 Å². The summed E-state index contributed by atoms with van der Waals surface area (Å²) in [6.45, 7) is 0.710. The summed E-state index contributed by atoms with van der Waals surface area (Å²) in [6, 6.07) is 1.74. The van der Waals surface area contributed by atoms with Gasteiger partial charge in [-0.25, -0.2) is 4.98 Å². The molecular formula is C8H8ClNO2. The number of rotatable bonds is 2. The lowest BCUT2D eigenvalue weighted by molar-refractivity contribution is 0.372. The first-order valence-electron chi connectivity index (χ1n) is 3.63. The molecule has 1 atom stereocenters. The van der Waals surface area contributed by atoms with E-state index in [1.807, 2.05) is 0 Å². The van der Waals surface area contributed by atoms with Crippen LogP contribution in [-0.4, -0.2) is 18.7 Å². The summed E-state index contributed by atoms with van der Waals surface area (Å²) in [5.41, 5.74) is 0.863. The van der Waals surface area contributed by atoms with E-state index in [9.17, 15) is 0 Å². The molecule has 4 heteroatoms. The normalized spacial score (nSPS) is 20.7. The average molecular weight is 186 g/mol. The molecule has 0 N–H and O–H groups in total. The Bertz CT molecular complexity index is 299. The van der Waals surface area contributed by atoms with Crippen LogP contribution in [0.25, 0.3) is 0 Å². The van der Waals surface area contributed by atoms with Crippen LogP contribution in [0.15, 0.2) is 12.3 Å². The van der Waals surface area contributed by atoms with Crippen LogP contribution in [0.4, 0.5) is 0 Å². The smallest absolute Gasteiger partial charge is 0.220 e. The standard InChI is InChI=1S/C8H8ClNO2/c1-11-8-7(6-4-12-6)5(9)2-3-10-8/h2-3,6H,4H2,1H3/t6-/m1/s1. The summed E-state index contributed by atoms with van der Waals surface area (Å²) in [5, 5.41) is 0.657. The fraction of sp³-hybridized carbons (Fsp3) is 0.375. The lowest BCUT2D eigenvalue weighted by Gasteiger charge is -2.05. The highest BCUT2D eigenvalue weighted by molar-refractivity contribution is 6.31. The van der Waals surface area contributed by atoms with Crippen LogP contribution in [0.1, 0.15) is 11.7 Å². The van der Waals surface area contributed by atoms with Gasteiger partial charge < -0.3 is 9.47 Å². The van der Waals surface area contributed by atoms with Gasteiger partial charge in [0.1, 0.15) is 6.10 Å². The Morgan fingerprint density at radius 3 is 3.08 bits per heavy atom. The zero-order valence-electron chi connectivity index (χ0n) is 6.58. The number of halogens is 1. The van der Waals surface area contributed by atoms with E-state index in [1.54, 1.807) is 19.4 Å². The molecule has 3 nitrogen and oxygen atoms in total. The maximum absolute atomic E-state index is 5.94. The van der Waals surface area contributed by atoms with Gasteiger partial charge in [0.25, 0.3) is 0 Å². The van der Waals surface area contributed by atoms with Crippen LogP contribution >= 0.6 is 11.6 Å². The molecule has 2 heterocycles. The molecule has 2 rings (SSSR count). The highest BCUT2D eigenvalue weighted by Gasteiger charge is 2.31. The molecule has 0 radical (unpaired) electrons. The molecule has 12 heavy (non-hydrogen) atoms. The minimum absolute atomic E-state index is 0.0844. The minimum Gasteiger partial charge on any atom is -0.481 e. The first-order chi connectivity index (χ1) is 5.83. The Balaban J connectivity index is 2.45. The SMILES string of the molecule is COc1nccc(Cl)c1[C@H]1CO1. The van der Waals surface area contributed by atoms with E-state index in [-0.39, 0.29) is 6.10 Å². The third kappa shape index (κ3) is 1.26. The van der Waals surface area contributed by atoms with E-state index < -0.39 is 0 Å². The van der Waals surface area contributed by atoms with Gasteiger partial charge in [0, 0.05) is 6.20 Å². The van der Waals surface area contributed by atoms with Crippen molar-refractivity contribution in [3.63, 3.8) is 0 Å². The quantitative estimate of drug-likeness (QED) is 0.660. The van der Waals surface area contributed by atoms with Crippen molar-refractivity contribution in [3.8, 4) is 5.88 Å². The molecule has 0 saturated carbocycles. The van der Waals surface area contributed by atoms with Gasteiger partial charge in [0.2, 0.25) is 5.88 Å². The summed E-state index contributed by atoms with van der Waals surface area (Å²) in [5.74, 6) is 0.560. The molecule has 0 aromatic carbocycles. The van der Waals surface area contributed by atoms with Gasteiger partial charge in [-0.05, 0) is 6.07 Å².